The van der Waals surface area contributed by atoms with Crippen LogP contribution >= 0.6 is 15.9 Å². The summed E-state index contributed by atoms with van der Waals surface area (Å²) >= 11 is 3.46. The zero-order chi connectivity index (χ0) is 27.0. The molecule has 3 aromatic rings. The summed E-state index contributed by atoms with van der Waals surface area (Å²) in [5.74, 6) is -0.760. The summed E-state index contributed by atoms with van der Waals surface area (Å²) in [6, 6.07) is 22.6. The van der Waals surface area contributed by atoms with Gasteiger partial charge in [0.1, 0.15) is 6.04 Å². The second-order valence-electron chi connectivity index (χ2n) is 8.83. The molecule has 0 spiro atoms. The highest BCUT2D eigenvalue weighted by atomic mass is 79.9. The molecule has 37 heavy (non-hydrogen) atoms. The normalized spacial score (nSPS) is 12.2. The van der Waals surface area contributed by atoms with Gasteiger partial charge in [0.25, 0.3) is 0 Å². The van der Waals surface area contributed by atoms with Gasteiger partial charge in [-0.2, -0.15) is 4.31 Å². The lowest BCUT2D eigenvalue weighted by atomic mass is 10.0. The third-order valence-corrected chi connectivity index (χ3v) is 8.26. The van der Waals surface area contributed by atoms with Gasteiger partial charge in [0.05, 0.1) is 11.4 Å². The number of carbonyl (C=O) groups is 2. The molecule has 0 bridgehead atoms. The fourth-order valence-corrected chi connectivity index (χ4v) is 5.50. The van der Waals surface area contributed by atoms with Gasteiger partial charge in [-0.1, -0.05) is 76.1 Å². The number of hydrogen-bond donors (Lipinski definition) is 1. The van der Waals surface area contributed by atoms with Crippen molar-refractivity contribution >= 4 is 37.8 Å². The van der Waals surface area contributed by atoms with Crippen LogP contribution in [0.1, 0.15) is 23.6 Å². The van der Waals surface area contributed by atoms with E-state index in [4.69, 9.17) is 0 Å². The molecule has 0 aliphatic carbocycles. The van der Waals surface area contributed by atoms with Crippen LogP contribution in [0.2, 0.25) is 0 Å². The fourth-order valence-electron chi connectivity index (χ4n) is 3.93. The summed E-state index contributed by atoms with van der Waals surface area (Å²) in [4.78, 5) is 28.6. The maximum Gasteiger partial charge on any atom is 0.243 e. The van der Waals surface area contributed by atoms with Gasteiger partial charge >= 0.3 is 0 Å². The molecule has 0 heterocycles. The first kappa shape index (κ1) is 28.6. The lowest BCUT2D eigenvalue weighted by Gasteiger charge is -2.32. The first-order chi connectivity index (χ1) is 17.6. The molecule has 2 amide bonds. The number of aryl methyl sites for hydroxylation is 1. The SMILES string of the molecule is CCNC(=O)[C@@H](Cc1ccccc1)N(Cc1cccc(Br)c1)C(=O)CN(C)S(=O)(=O)c1ccc(C)cc1. The Hall–Kier alpha value is -3.01. The van der Waals surface area contributed by atoms with Crippen molar-refractivity contribution in [1.82, 2.24) is 14.5 Å². The highest BCUT2D eigenvalue weighted by molar-refractivity contribution is 9.10. The molecular formula is C28H32BrN3O4S. The number of carbonyl (C=O) groups excluding carboxylic acids is 2. The van der Waals surface area contributed by atoms with Crippen LogP contribution in [0.25, 0.3) is 0 Å². The second kappa shape index (κ2) is 13.0. The zero-order valence-corrected chi connectivity index (χ0v) is 23.6. The third kappa shape index (κ3) is 7.74. The van der Waals surface area contributed by atoms with Gasteiger partial charge in [0, 0.05) is 31.0 Å². The lowest BCUT2D eigenvalue weighted by molar-refractivity contribution is -0.141. The predicted molar refractivity (Wildman–Crippen MR) is 148 cm³/mol. The van der Waals surface area contributed by atoms with Crippen LogP contribution in [0.4, 0.5) is 0 Å². The lowest BCUT2D eigenvalue weighted by Crippen LogP contribution is -2.53. The quantitative estimate of drug-likeness (QED) is 0.366. The first-order valence-electron chi connectivity index (χ1n) is 12.0. The van der Waals surface area contributed by atoms with E-state index in [0.717, 1.165) is 25.5 Å². The van der Waals surface area contributed by atoms with Gasteiger partial charge in [-0.05, 0) is 49.2 Å². The van der Waals surface area contributed by atoms with E-state index in [9.17, 15) is 18.0 Å². The van der Waals surface area contributed by atoms with Gasteiger partial charge in [-0.25, -0.2) is 8.42 Å². The van der Waals surface area contributed by atoms with Crippen LogP contribution < -0.4 is 5.32 Å². The van der Waals surface area contributed by atoms with E-state index in [1.54, 1.807) is 12.1 Å². The molecule has 0 aliphatic rings. The van der Waals surface area contributed by atoms with E-state index in [2.05, 4.69) is 21.2 Å². The molecule has 196 valence electrons. The van der Waals surface area contributed by atoms with Crippen molar-refractivity contribution < 1.29 is 18.0 Å². The number of amides is 2. The van der Waals surface area contributed by atoms with Crippen LogP contribution in [0.3, 0.4) is 0 Å². The van der Waals surface area contributed by atoms with Gasteiger partial charge in [-0.3, -0.25) is 9.59 Å². The minimum absolute atomic E-state index is 0.108. The van der Waals surface area contributed by atoms with Gasteiger partial charge < -0.3 is 10.2 Å². The van der Waals surface area contributed by atoms with E-state index in [1.807, 2.05) is 68.4 Å². The summed E-state index contributed by atoms with van der Waals surface area (Å²) in [7, 11) is -2.52. The highest BCUT2D eigenvalue weighted by Crippen LogP contribution is 2.20. The Balaban J connectivity index is 1.95. The Morgan fingerprint density at radius 3 is 2.22 bits per heavy atom. The smallest absolute Gasteiger partial charge is 0.243 e. The predicted octanol–water partition coefficient (Wildman–Crippen LogP) is 4.15. The Morgan fingerprint density at radius 1 is 0.946 bits per heavy atom. The molecule has 1 N–H and O–H groups in total. The molecule has 0 saturated carbocycles. The Kier molecular flexibility index (Phi) is 10.0. The van der Waals surface area contributed by atoms with Crippen LogP contribution in [-0.4, -0.2) is 55.6 Å². The molecule has 0 unspecified atom stereocenters. The van der Waals surface area contributed by atoms with Crippen LogP contribution in [0.5, 0.6) is 0 Å². The monoisotopic (exact) mass is 585 g/mol. The summed E-state index contributed by atoms with van der Waals surface area (Å²) in [5.41, 5.74) is 2.64. The van der Waals surface area contributed by atoms with E-state index in [0.29, 0.717) is 13.0 Å². The summed E-state index contributed by atoms with van der Waals surface area (Å²) in [6.07, 6.45) is 0.293. The Morgan fingerprint density at radius 2 is 1.59 bits per heavy atom. The Labute approximate surface area is 227 Å². The first-order valence-corrected chi connectivity index (χ1v) is 14.2. The van der Waals surface area contributed by atoms with E-state index >= 15 is 0 Å². The molecule has 0 fully saturated rings. The van der Waals surface area contributed by atoms with Crippen LogP contribution in [0.15, 0.2) is 88.2 Å². The second-order valence-corrected chi connectivity index (χ2v) is 11.8. The summed E-state index contributed by atoms with van der Waals surface area (Å²) in [6.45, 7) is 3.84. The number of sulfonamides is 1. The minimum atomic E-state index is -3.90. The molecule has 9 heteroatoms. The zero-order valence-electron chi connectivity index (χ0n) is 21.2. The van der Waals surface area contributed by atoms with E-state index in [-0.39, 0.29) is 17.3 Å². The number of hydrogen-bond acceptors (Lipinski definition) is 4. The van der Waals surface area contributed by atoms with Gasteiger partial charge in [0.15, 0.2) is 0 Å². The molecule has 1 atom stereocenters. The van der Waals surface area contributed by atoms with Crippen LogP contribution in [0, 0.1) is 6.92 Å². The maximum absolute atomic E-state index is 13.7. The number of nitrogens with zero attached hydrogens (tertiary/aromatic N) is 2. The molecule has 0 aliphatic heterocycles. The molecule has 0 aromatic heterocycles. The number of benzene rings is 3. The standard InChI is InChI=1S/C28H32BrN3O4S/c1-4-30-28(34)26(18-22-9-6-5-7-10-22)32(19-23-11-8-12-24(29)17-23)27(33)20-31(3)37(35,36)25-15-13-21(2)14-16-25/h5-17,26H,4,18-20H2,1-3H3,(H,30,34)/t26-/m1/s1. The minimum Gasteiger partial charge on any atom is -0.355 e. The third-order valence-electron chi connectivity index (χ3n) is 5.95. The van der Waals surface area contributed by atoms with Crippen molar-refractivity contribution in [1.29, 1.82) is 0 Å². The van der Waals surface area contributed by atoms with Crippen LogP contribution in [-0.2, 0) is 32.6 Å². The average Bonchev–Trinajstić information content (AvgIpc) is 2.87. The molecular weight excluding hydrogens is 554 g/mol. The van der Waals surface area contributed by atoms with Crippen molar-refractivity contribution in [2.45, 2.75) is 37.8 Å². The maximum atomic E-state index is 13.7. The number of nitrogens with one attached hydrogen (secondary N) is 1. The van der Waals surface area contributed by atoms with Gasteiger partial charge in [0.2, 0.25) is 21.8 Å². The number of rotatable bonds is 11. The van der Waals surface area contributed by atoms with Crippen molar-refractivity contribution in [2.75, 3.05) is 20.1 Å². The topological polar surface area (TPSA) is 86.8 Å². The molecule has 7 nitrogen and oxygen atoms in total. The molecule has 0 radical (unpaired) electrons. The number of likely N-dealkylation sites (N-methyl/N-ethyl adjacent to an activating group) is 2. The van der Waals surface area contributed by atoms with Crippen molar-refractivity contribution in [3.05, 3.63) is 100 Å². The Bertz CT molecular complexity index is 1310. The van der Waals surface area contributed by atoms with Crippen molar-refractivity contribution in [3.8, 4) is 0 Å². The largest absolute Gasteiger partial charge is 0.355 e. The fraction of sp³-hybridized carbons (Fsp3) is 0.286. The molecule has 3 aromatic carbocycles. The summed E-state index contributed by atoms with van der Waals surface area (Å²) in [5, 5.41) is 2.84. The van der Waals surface area contributed by atoms with E-state index < -0.39 is 28.5 Å². The molecule has 0 saturated heterocycles. The summed E-state index contributed by atoms with van der Waals surface area (Å²) < 4.78 is 28.2. The molecule has 3 rings (SSSR count). The number of halogens is 1. The van der Waals surface area contributed by atoms with E-state index in [1.165, 1.54) is 24.1 Å². The van der Waals surface area contributed by atoms with Crippen molar-refractivity contribution in [2.24, 2.45) is 0 Å². The van der Waals surface area contributed by atoms with Gasteiger partial charge in [-0.15, -0.1) is 0 Å². The van der Waals surface area contributed by atoms with Crippen molar-refractivity contribution in [3.63, 3.8) is 0 Å². The average molecular weight is 587 g/mol. The highest BCUT2D eigenvalue weighted by Gasteiger charge is 2.32.